The number of dihydropyridines is 1. The molecule has 1 heterocycles. The second-order valence-electron chi connectivity index (χ2n) is 8.48. The smallest absolute Gasteiger partial charge is 0.336 e. The fraction of sp³-hybridized carbons (Fsp3) is 0.333. The maximum Gasteiger partial charge on any atom is 0.336 e. The van der Waals surface area contributed by atoms with Gasteiger partial charge in [-0.1, -0.05) is 30.3 Å². The first-order valence-electron chi connectivity index (χ1n) is 11.3. The largest absolute Gasteiger partial charge is 0.508 e. The predicted molar refractivity (Wildman–Crippen MR) is 127 cm³/mol. The molecule has 2 aliphatic rings. The van der Waals surface area contributed by atoms with Crippen LogP contribution in [0.25, 0.3) is 0 Å². The Labute approximate surface area is 199 Å². The topological polar surface area (TPSA) is 94.1 Å². The number of benzene rings is 2. The van der Waals surface area contributed by atoms with Crippen molar-refractivity contribution in [2.75, 3.05) is 27.4 Å². The van der Waals surface area contributed by atoms with Crippen molar-refractivity contribution < 1.29 is 28.9 Å². The monoisotopic (exact) mass is 463 g/mol. The van der Waals surface area contributed by atoms with Gasteiger partial charge in [-0.2, -0.15) is 0 Å². The predicted octanol–water partition coefficient (Wildman–Crippen LogP) is 3.95. The summed E-state index contributed by atoms with van der Waals surface area (Å²) in [7, 11) is 3.16. The number of carbonyl (C=O) groups excluding carboxylic acids is 2. The number of ketones is 1. The molecular weight excluding hydrogens is 434 g/mol. The van der Waals surface area contributed by atoms with Crippen LogP contribution < -0.4 is 10.1 Å². The summed E-state index contributed by atoms with van der Waals surface area (Å²) in [4.78, 5) is 26.7. The molecule has 7 nitrogen and oxygen atoms in total. The number of hydrogen-bond acceptors (Lipinski definition) is 7. The molecule has 0 radical (unpaired) electrons. The highest BCUT2D eigenvalue weighted by Gasteiger charge is 2.41. The summed E-state index contributed by atoms with van der Waals surface area (Å²) in [6.07, 6.45) is 0.890. The Morgan fingerprint density at radius 1 is 1.09 bits per heavy atom. The molecule has 7 heteroatoms. The number of phenols is 1. The molecule has 2 aromatic carbocycles. The van der Waals surface area contributed by atoms with E-state index < -0.39 is 11.9 Å². The van der Waals surface area contributed by atoms with E-state index in [1.165, 1.54) is 7.11 Å². The lowest BCUT2D eigenvalue weighted by Crippen LogP contribution is -2.36. The minimum Gasteiger partial charge on any atom is -0.508 e. The van der Waals surface area contributed by atoms with Gasteiger partial charge in [-0.05, 0) is 42.7 Å². The molecule has 0 fully saturated rings. The third kappa shape index (κ3) is 4.56. The fourth-order valence-electron chi connectivity index (χ4n) is 4.87. The molecule has 0 spiro atoms. The summed E-state index contributed by atoms with van der Waals surface area (Å²) < 4.78 is 16.0. The Morgan fingerprint density at radius 2 is 1.88 bits per heavy atom. The van der Waals surface area contributed by atoms with Gasteiger partial charge in [0, 0.05) is 42.3 Å². The number of ether oxygens (including phenoxy) is 3. The number of rotatable bonds is 7. The molecule has 0 saturated carbocycles. The van der Waals surface area contributed by atoms with Crippen molar-refractivity contribution in [3.05, 3.63) is 82.2 Å². The van der Waals surface area contributed by atoms with Gasteiger partial charge in [0.05, 0.1) is 19.3 Å². The number of allylic oxidation sites excluding steroid dienone is 3. The van der Waals surface area contributed by atoms with Crippen LogP contribution in [0.3, 0.4) is 0 Å². The van der Waals surface area contributed by atoms with Crippen LogP contribution in [0.2, 0.25) is 0 Å². The second kappa shape index (κ2) is 10.1. The zero-order valence-electron chi connectivity index (χ0n) is 19.6. The highest BCUT2D eigenvalue weighted by atomic mass is 16.6. The molecular formula is C27H29NO6. The number of aromatic hydroxyl groups is 1. The van der Waals surface area contributed by atoms with E-state index in [9.17, 15) is 14.7 Å². The average molecular weight is 464 g/mol. The van der Waals surface area contributed by atoms with Crippen molar-refractivity contribution in [3.8, 4) is 11.5 Å². The van der Waals surface area contributed by atoms with E-state index >= 15 is 0 Å². The van der Waals surface area contributed by atoms with Crippen molar-refractivity contribution >= 4 is 11.8 Å². The van der Waals surface area contributed by atoms with E-state index in [1.807, 2.05) is 37.3 Å². The molecule has 2 aromatic rings. The fourth-order valence-corrected chi connectivity index (χ4v) is 4.87. The summed E-state index contributed by atoms with van der Waals surface area (Å²) in [5, 5.41) is 13.5. The number of methoxy groups -OCH3 is 2. The lowest BCUT2D eigenvalue weighted by molar-refractivity contribution is -0.140. The van der Waals surface area contributed by atoms with Gasteiger partial charge in [-0.25, -0.2) is 4.79 Å². The first kappa shape index (κ1) is 23.6. The first-order valence-corrected chi connectivity index (χ1v) is 11.3. The van der Waals surface area contributed by atoms with Crippen molar-refractivity contribution in [1.29, 1.82) is 0 Å². The molecule has 1 aliphatic carbocycles. The van der Waals surface area contributed by atoms with Crippen molar-refractivity contribution in [2.24, 2.45) is 0 Å². The maximum atomic E-state index is 13.6. The Morgan fingerprint density at radius 3 is 2.62 bits per heavy atom. The van der Waals surface area contributed by atoms with Crippen molar-refractivity contribution in [2.45, 2.75) is 31.6 Å². The van der Waals surface area contributed by atoms with Crippen LogP contribution in [-0.4, -0.2) is 44.3 Å². The van der Waals surface area contributed by atoms with Gasteiger partial charge in [-0.3, -0.25) is 4.79 Å². The van der Waals surface area contributed by atoms with Crippen LogP contribution in [0.1, 0.15) is 42.7 Å². The van der Waals surface area contributed by atoms with Gasteiger partial charge >= 0.3 is 5.97 Å². The molecule has 34 heavy (non-hydrogen) atoms. The zero-order valence-corrected chi connectivity index (χ0v) is 19.6. The van der Waals surface area contributed by atoms with Crippen LogP contribution in [0.5, 0.6) is 11.5 Å². The highest BCUT2D eigenvalue weighted by Crippen LogP contribution is 2.47. The number of phenolic OH excluding ortho intramolecular Hbond substituents is 1. The molecule has 1 aliphatic heterocycles. The van der Waals surface area contributed by atoms with E-state index in [2.05, 4.69) is 5.32 Å². The third-order valence-electron chi connectivity index (χ3n) is 6.35. The normalized spacial score (nSPS) is 20.0. The molecule has 2 atom stereocenters. The van der Waals surface area contributed by atoms with Gasteiger partial charge in [0.1, 0.15) is 18.1 Å². The van der Waals surface area contributed by atoms with Gasteiger partial charge in [-0.15, -0.1) is 0 Å². The minimum atomic E-state index is -0.635. The maximum absolute atomic E-state index is 13.6. The summed E-state index contributed by atoms with van der Waals surface area (Å²) in [5.74, 6) is -0.431. The van der Waals surface area contributed by atoms with Gasteiger partial charge in [0.25, 0.3) is 0 Å². The van der Waals surface area contributed by atoms with Crippen LogP contribution in [0, 0.1) is 0 Å². The van der Waals surface area contributed by atoms with E-state index in [1.54, 1.807) is 25.3 Å². The van der Waals surface area contributed by atoms with Crippen LogP contribution >= 0.6 is 0 Å². The standard InChI is InChI=1S/C27H29NO6/c1-16-24(27(31)34-12-11-32-2)25(17-7-6-8-19(29)13-17)26-21(28-16)14-18(15-22(26)30)20-9-4-5-10-23(20)33-3/h4-10,13,18,25,28-29H,11-12,14-15H2,1-3H3. The number of Topliss-reactive ketones (excluding diaryl/α,β-unsaturated/α-hetero) is 1. The summed E-state index contributed by atoms with van der Waals surface area (Å²) in [6, 6.07) is 14.4. The summed E-state index contributed by atoms with van der Waals surface area (Å²) in [6.45, 7) is 2.19. The Balaban J connectivity index is 1.76. The Kier molecular flexibility index (Phi) is 7.03. The van der Waals surface area contributed by atoms with E-state index in [0.717, 1.165) is 17.0 Å². The van der Waals surface area contributed by atoms with Crippen molar-refractivity contribution in [1.82, 2.24) is 5.32 Å². The first-order chi connectivity index (χ1) is 16.4. The number of nitrogens with one attached hydrogen (secondary N) is 1. The zero-order chi connectivity index (χ0) is 24.2. The van der Waals surface area contributed by atoms with Gasteiger partial charge in [0.2, 0.25) is 0 Å². The van der Waals surface area contributed by atoms with E-state index in [-0.39, 0.29) is 30.7 Å². The van der Waals surface area contributed by atoms with Crippen LogP contribution in [0.4, 0.5) is 0 Å². The number of hydrogen-bond donors (Lipinski definition) is 2. The third-order valence-corrected chi connectivity index (χ3v) is 6.35. The van der Waals surface area contributed by atoms with Gasteiger partial charge < -0.3 is 24.6 Å². The van der Waals surface area contributed by atoms with Crippen molar-refractivity contribution in [3.63, 3.8) is 0 Å². The number of para-hydroxylation sites is 1. The molecule has 178 valence electrons. The Hall–Kier alpha value is -3.58. The van der Waals surface area contributed by atoms with Crippen LogP contribution in [0.15, 0.2) is 71.1 Å². The Bertz CT molecular complexity index is 1170. The minimum absolute atomic E-state index is 0.0484. The van der Waals surface area contributed by atoms with E-state index in [4.69, 9.17) is 14.2 Å². The van der Waals surface area contributed by atoms with Gasteiger partial charge in [0.15, 0.2) is 5.78 Å². The molecule has 0 aromatic heterocycles. The summed E-state index contributed by atoms with van der Waals surface area (Å²) >= 11 is 0. The van der Waals surface area contributed by atoms with E-state index in [0.29, 0.717) is 35.2 Å². The lowest BCUT2D eigenvalue weighted by Gasteiger charge is -2.37. The molecule has 2 unspecified atom stereocenters. The average Bonchev–Trinajstić information content (AvgIpc) is 2.83. The number of carbonyl (C=O) groups is 2. The molecule has 0 bridgehead atoms. The van der Waals surface area contributed by atoms with Crippen LogP contribution in [-0.2, 0) is 19.1 Å². The summed E-state index contributed by atoms with van der Waals surface area (Å²) in [5.41, 5.74) is 3.96. The highest BCUT2D eigenvalue weighted by molar-refractivity contribution is 6.04. The lowest BCUT2D eigenvalue weighted by atomic mass is 9.71. The molecule has 4 rings (SSSR count). The SMILES string of the molecule is COCCOC(=O)C1=C(C)NC2=C(C(=O)CC(c3ccccc3OC)C2)C1c1cccc(O)c1. The molecule has 0 saturated heterocycles. The molecule has 0 amide bonds. The molecule has 2 N–H and O–H groups in total. The quantitative estimate of drug-likeness (QED) is 0.474. The number of esters is 1. The second-order valence-corrected chi connectivity index (χ2v) is 8.48.